The summed E-state index contributed by atoms with van der Waals surface area (Å²) >= 11 is 0. The number of unbranched alkanes of at least 4 members (excludes halogenated alkanes) is 24. The third-order valence-electron chi connectivity index (χ3n) is 11.0. The Kier molecular flexibility index (Phi) is 33.1. The molecule has 54 heavy (non-hydrogen) atoms. The van der Waals surface area contributed by atoms with Gasteiger partial charge >= 0.3 is 0 Å². The van der Waals surface area contributed by atoms with Crippen LogP contribution in [0.5, 0.6) is 0 Å². The van der Waals surface area contributed by atoms with E-state index in [0.717, 1.165) is 44.9 Å². The van der Waals surface area contributed by atoms with Crippen LogP contribution in [0.25, 0.3) is 0 Å². The average Bonchev–Trinajstić information content (AvgIpc) is 3.17. The molecule has 1 saturated heterocycles. The highest BCUT2D eigenvalue weighted by atomic mass is 16.7. The maximum Gasteiger partial charge on any atom is 0.249 e. The number of aliphatic hydroxyl groups excluding tert-OH is 6. The standard InChI is InChI=1S/C44H85NO9/c1-3-5-7-9-11-13-15-17-18-19-21-22-24-26-28-30-32-37(47)36(35-53-44-42(51)41(50)40(49)39(34-46)54-44)45-43(52)38(48)33-31-29-27-25-23-20-16-14-12-10-8-6-4-2/h23,25,36-42,44,46-51H,3-22,24,26-35H2,1-2H3,(H,45,52)/b25-23-. The maximum absolute atomic E-state index is 13.0. The van der Waals surface area contributed by atoms with Crippen LogP contribution < -0.4 is 5.32 Å². The lowest BCUT2D eigenvalue weighted by molar-refractivity contribution is -0.302. The number of carbonyl (C=O) groups is 1. The topological polar surface area (TPSA) is 169 Å². The number of amides is 1. The van der Waals surface area contributed by atoms with Gasteiger partial charge in [0.05, 0.1) is 25.4 Å². The molecule has 1 heterocycles. The van der Waals surface area contributed by atoms with Crippen LogP contribution in [0.2, 0.25) is 0 Å². The third-order valence-corrected chi connectivity index (χ3v) is 11.0. The van der Waals surface area contributed by atoms with Crippen molar-refractivity contribution in [3.05, 3.63) is 12.2 Å². The highest BCUT2D eigenvalue weighted by molar-refractivity contribution is 5.80. The Morgan fingerprint density at radius 2 is 1.04 bits per heavy atom. The Morgan fingerprint density at radius 3 is 1.52 bits per heavy atom. The van der Waals surface area contributed by atoms with E-state index in [2.05, 4.69) is 31.3 Å². The molecular weight excluding hydrogens is 686 g/mol. The van der Waals surface area contributed by atoms with Gasteiger partial charge in [-0.15, -0.1) is 0 Å². The molecule has 0 aromatic carbocycles. The molecule has 10 nitrogen and oxygen atoms in total. The first-order chi connectivity index (χ1) is 26.3. The van der Waals surface area contributed by atoms with E-state index >= 15 is 0 Å². The van der Waals surface area contributed by atoms with Crippen LogP contribution in [-0.2, 0) is 14.3 Å². The van der Waals surface area contributed by atoms with Crippen molar-refractivity contribution in [2.75, 3.05) is 13.2 Å². The average molecular weight is 772 g/mol. The van der Waals surface area contributed by atoms with Crippen molar-refractivity contribution in [3.8, 4) is 0 Å². The van der Waals surface area contributed by atoms with Crippen LogP contribution in [0.15, 0.2) is 12.2 Å². The molecule has 1 aliphatic heterocycles. The molecule has 320 valence electrons. The summed E-state index contributed by atoms with van der Waals surface area (Å²) in [5.74, 6) is -0.599. The zero-order valence-corrected chi connectivity index (χ0v) is 34.6. The van der Waals surface area contributed by atoms with Crippen LogP contribution in [0.3, 0.4) is 0 Å². The highest BCUT2D eigenvalue weighted by Crippen LogP contribution is 2.23. The summed E-state index contributed by atoms with van der Waals surface area (Å²) in [6.45, 7) is 3.65. The molecule has 0 spiro atoms. The minimum atomic E-state index is -1.60. The summed E-state index contributed by atoms with van der Waals surface area (Å²) in [5.41, 5.74) is 0. The molecule has 8 unspecified atom stereocenters. The summed E-state index contributed by atoms with van der Waals surface area (Å²) in [5, 5.41) is 64.7. The zero-order chi connectivity index (χ0) is 39.7. The molecule has 0 bridgehead atoms. The number of aliphatic hydroxyl groups is 6. The number of ether oxygens (including phenoxy) is 2. The minimum absolute atomic E-state index is 0.259. The second-order valence-electron chi connectivity index (χ2n) is 16.0. The van der Waals surface area contributed by atoms with Crippen LogP contribution in [0, 0.1) is 0 Å². The fraction of sp³-hybridized carbons (Fsp3) is 0.932. The van der Waals surface area contributed by atoms with Gasteiger partial charge < -0.3 is 45.4 Å². The van der Waals surface area contributed by atoms with Crippen molar-refractivity contribution in [3.63, 3.8) is 0 Å². The smallest absolute Gasteiger partial charge is 0.249 e. The van der Waals surface area contributed by atoms with Crippen molar-refractivity contribution < 1.29 is 44.9 Å². The zero-order valence-electron chi connectivity index (χ0n) is 34.6. The molecule has 1 rings (SSSR count). The fourth-order valence-corrected chi connectivity index (χ4v) is 7.22. The van der Waals surface area contributed by atoms with E-state index in [9.17, 15) is 35.4 Å². The van der Waals surface area contributed by atoms with Gasteiger partial charge in [0.1, 0.15) is 30.5 Å². The summed E-state index contributed by atoms with van der Waals surface area (Å²) in [6.07, 6.45) is 28.3. The first kappa shape index (κ1) is 50.9. The first-order valence-corrected chi connectivity index (χ1v) is 22.5. The van der Waals surface area contributed by atoms with E-state index in [4.69, 9.17) is 9.47 Å². The van der Waals surface area contributed by atoms with Crippen LogP contribution in [0.1, 0.15) is 200 Å². The Morgan fingerprint density at radius 1 is 0.611 bits per heavy atom. The number of carbonyl (C=O) groups excluding carboxylic acids is 1. The fourth-order valence-electron chi connectivity index (χ4n) is 7.22. The van der Waals surface area contributed by atoms with E-state index in [1.165, 1.54) is 122 Å². The second-order valence-corrected chi connectivity index (χ2v) is 16.0. The Balaban J connectivity index is 2.42. The van der Waals surface area contributed by atoms with Gasteiger partial charge in [-0.2, -0.15) is 0 Å². The van der Waals surface area contributed by atoms with E-state index in [1.807, 2.05) is 0 Å². The quantitative estimate of drug-likeness (QED) is 0.0245. The lowest BCUT2D eigenvalue weighted by atomic mass is 9.99. The molecular formula is C44H85NO9. The lowest BCUT2D eigenvalue weighted by Gasteiger charge is -2.40. The number of rotatable bonds is 37. The molecule has 0 saturated carbocycles. The highest BCUT2D eigenvalue weighted by Gasteiger charge is 2.44. The van der Waals surface area contributed by atoms with Crippen molar-refractivity contribution in [1.82, 2.24) is 5.32 Å². The SMILES string of the molecule is CCCCCCCCC/C=C\CCCCC(O)C(=O)NC(COC1OC(CO)C(O)C(O)C1O)C(O)CCCCCCCCCCCCCCCCCC. The molecule has 1 aliphatic rings. The normalized spacial score (nSPS) is 22.1. The Bertz CT molecular complexity index is 875. The van der Waals surface area contributed by atoms with Gasteiger partial charge in [-0.05, 0) is 38.5 Å². The van der Waals surface area contributed by atoms with Gasteiger partial charge in [-0.25, -0.2) is 0 Å². The van der Waals surface area contributed by atoms with E-state index in [1.54, 1.807) is 0 Å². The second kappa shape index (κ2) is 35.1. The van der Waals surface area contributed by atoms with Gasteiger partial charge in [0.15, 0.2) is 6.29 Å². The lowest BCUT2D eigenvalue weighted by Crippen LogP contribution is -2.60. The van der Waals surface area contributed by atoms with E-state index in [-0.39, 0.29) is 6.61 Å². The van der Waals surface area contributed by atoms with E-state index in [0.29, 0.717) is 19.3 Å². The maximum atomic E-state index is 13.0. The van der Waals surface area contributed by atoms with Crippen molar-refractivity contribution in [2.24, 2.45) is 0 Å². The van der Waals surface area contributed by atoms with Gasteiger partial charge in [-0.3, -0.25) is 4.79 Å². The predicted octanol–water partition coefficient (Wildman–Crippen LogP) is 7.92. The number of nitrogens with one attached hydrogen (secondary N) is 1. The summed E-state index contributed by atoms with van der Waals surface area (Å²) in [7, 11) is 0. The van der Waals surface area contributed by atoms with Crippen molar-refractivity contribution >= 4 is 5.91 Å². The van der Waals surface area contributed by atoms with Gasteiger partial charge in [-0.1, -0.05) is 174 Å². The Labute approximate surface area is 329 Å². The third kappa shape index (κ3) is 25.2. The number of allylic oxidation sites excluding steroid dienone is 2. The molecule has 7 N–H and O–H groups in total. The number of hydrogen-bond donors (Lipinski definition) is 7. The molecule has 0 aromatic heterocycles. The number of hydrogen-bond acceptors (Lipinski definition) is 9. The molecule has 0 aliphatic carbocycles. The molecule has 0 radical (unpaired) electrons. The molecule has 1 amide bonds. The molecule has 0 aromatic rings. The van der Waals surface area contributed by atoms with Gasteiger partial charge in [0, 0.05) is 0 Å². The summed E-state index contributed by atoms with van der Waals surface area (Å²) < 4.78 is 11.2. The molecule has 8 atom stereocenters. The van der Waals surface area contributed by atoms with Crippen molar-refractivity contribution in [1.29, 1.82) is 0 Å². The monoisotopic (exact) mass is 772 g/mol. The van der Waals surface area contributed by atoms with Gasteiger partial charge in [0.25, 0.3) is 0 Å². The molecule has 10 heteroatoms. The minimum Gasteiger partial charge on any atom is -0.394 e. The van der Waals surface area contributed by atoms with Crippen LogP contribution in [0.4, 0.5) is 0 Å². The van der Waals surface area contributed by atoms with E-state index < -0.39 is 61.5 Å². The van der Waals surface area contributed by atoms with Crippen LogP contribution in [-0.4, -0.2) is 98.7 Å². The molecule has 1 fully saturated rings. The Hall–Kier alpha value is -1.11. The largest absolute Gasteiger partial charge is 0.394 e. The van der Waals surface area contributed by atoms with Gasteiger partial charge in [0.2, 0.25) is 5.91 Å². The summed E-state index contributed by atoms with van der Waals surface area (Å²) in [4.78, 5) is 13.0. The predicted molar refractivity (Wildman–Crippen MR) is 218 cm³/mol. The van der Waals surface area contributed by atoms with Crippen LogP contribution >= 0.6 is 0 Å². The summed E-state index contributed by atoms with van der Waals surface area (Å²) in [6, 6.07) is -0.898. The van der Waals surface area contributed by atoms with Crippen molar-refractivity contribution in [2.45, 2.75) is 249 Å². The first-order valence-electron chi connectivity index (χ1n) is 22.5.